The fraction of sp³-hybridized carbons (Fsp3) is 0. The number of nitrogens with zero attached hydrogens (tertiary/aromatic N) is 3. The largest absolute Gasteiger partial charge is 0.452 e. The predicted molar refractivity (Wildman–Crippen MR) is 51.4 cm³/mol. The Labute approximate surface area is 83.9 Å². The van der Waals surface area contributed by atoms with Crippen LogP contribution in [0.25, 0.3) is 11.4 Å². The number of hydrogen-bond acceptors (Lipinski definition) is 6. The number of nitrogens with two attached hydrogens (primary N) is 2. The van der Waals surface area contributed by atoms with E-state index in [1.807, 2.05) is 0 Å². The topological polar surface area (TPSA) is 104 Å². The molecular formula is C7H6ClN5O. The van der Waals surface area contributed by atoms with Gasteiger partial charge in [-0.2, -0.15) is 15.0 Å². The van der Waals surface area contributed by atoms with E-state index in [9.17, 15) is 0 Å². The van der Waals surface area contributed by atoms with Gasteiger partial charge >= 0.3 is 0 Å². The molecule has 4 N–H and O–H groups in total. The average molecular weight is 212 g/mol. The Balaban J connectivity index is 2.57. The van der Waals surface area contributed by atoms with Gasteiger partial charge in [-0.05, 0) is 17.7 Å². The molecule has 0 bridgehead atoms. The number of rotatable bonds is 1. The first-order valence-corrected chi connectivity index (χ1v) is 4.05. The Morgan fingerprint density at radius 2 is 1.79 bits per heavy atom. The van der Waals surface area contributed by atoms with Gasteiger partial charge in [-0.3, -0.25) is 0 Å². The van der Waals surface area contributed by atoms with Crippen molar-refractivity contribution >= 4 is 23.5 Å². The van der Waals surface area contributed by atoms with Crippen LogP contribution in [0.4, 0.5) is 11.9 Å². The van der Waals surface area contributed by atoms with Crippen molar-refractivity contribution in [2.75, 3.05) is 11.5 Å². The standard InChI is InChI=1S/C7H6ClN5O/c8-4-3(1-2-14-4)5-11-6(9)13-7(10)12-5/h1-2H,(H4,9,10,11,12,13). The van der Waals surface area contributed by atoms with E-state index in [4.69, 9.17) is 27.5 Å². The molecule has 14 heavy (non-hydrogen) atoms. The van der Waals surface area contributed by atoms with Crippen molar-refractivity contribution in [2.24, 2.45) is 0 Å². The van der Waals surface area contributed by atoms with E-state index in [2.05, 4.69) is 15.0 Å². The zero-order valence-corrected chi connectivity index (χ0v) is 7.69. The van der Waals surface area contributed by atoms with Gasteiger partial charge in [0.05, 0.1) is 11.8 Å². The first-order valence-electron chi connectivity index (χ1n) is 3.67. The summed E-state index contributed by atoms with van der Waals surface area (Å²) in [6.45, 7) is 0. The van der Waals surface area contributed by atoms with E-state index in [0.717, 1.165) is 0 Å². The van der Waals surface area contributed by atoms with E-state index in [1.165, 1.54) is 6.26 Å². The van der Waals surface area contributed by atoms with Crippen molar-refractivity contribution in [3.63, 3.8) is 0 Å². The molecular weight excluding hydrogens is 206 g/mol. The predicted octanol–water partition coefficient (Wildman–Crippen LogP) is 0.949. The molecule has 72 valence electrons. The molecule has 0 radical (unpaired) electrons. The molecule has 2 aromatic heterocycles. The molecule has 0 spiro atoms. The van der Waals surface area contributed by atoms with Crippen LogP contribution >= 0.6 is 11.6 Å². The minimum atomic E-state index is 0.0461. The molecule has 2 aromatic rings. The molecule has 0 saturated carbocycles. The minimum Gasteiger partial charge on any atom is -0.452 e. The molecule has 0 aliphatic rings. The van der Waals surface area contributed by atoms with Gasteiger partial charge in [0.25, 0.3) is 0 Å². The van der Waals surface area contributed by atoms with Crippen LogP contribution in [0.5, 0.6) is 0 Å². The third kappa shape index (κ3) is 1.47. The van der Waals surface area contributed by atoms with Gasteiger partial charge in [-0.1, -0.05) is 0 Å². The summed E-state index contributed by atoms with van der Waals surface area (Å²) < 4.78 is 4.88. The lowest BCUT2D eigenvalue weighted by atomic mass is 10.3. The Morgan fingerprint density at radius 3 is 2.29 bits per heavy atom. The molecule has 0 aromatic carbocycles. The van der Waals surface area contributed by atoms with E-state index in [0.29, 0.717) is 11.4 Å². The van der Waals surface area contributed by atoms with Gasteiger partial charge in [-0.15, -0.1) is 0 Å². The molecule has 0 atom stereocenters. The number of nitrogen functional groups attached to an aromatic ring is 2. The zero-order chi connectivity index (χ0) is 10.1. The van der Waals surface area contributed by atoms with Crippen LogP contribution in [0.1, 0.15) is 0 Å². The second-order valence-corrected chi connectivity index (χ2v) is 2.83. The second kappa shape index (κ2) is 3.15. The summed E-state index contributed by atoms with van der Waals surface area (Å²) in [5.74, 6) is 0.392. The highest BCUT2D eigenvalue weighted by atomic mass is 35.5. The van der Waals surface area contributed by atoms with Crippen molar-refractivity contribution in [3.05, 3.63) is 17.5 Å². The lowest BCUT2D eigenvalue weighted by Crippen LogP contribution is -2.03. The number of hydrogen-bond donors (Lipinski definition) is 2. The maximum atomic E-state index is 5.73. The fourth-order valence-corrected chi connectivity index (χ4v) is 1.18. The highest BCUT2D eigenvalue weighted by Gasteiger charge is 2.10. The van der Waals surface area contributed by atoms with Crippen molar-refractivity contribution in [1.29, 1.82) is 0 Å². The molecule has 0 unspecified atom stereocenters. The summed E-state index contributed by atoms with van der Waals surface area (Å²) in [6, 6.07) is 1.62. The van der Waals surface area contributed by atoms with E-state index < -0.39 is 0 Å². The average Bonchev–Trinajstić information content (AvgIpc) is 2.49. The maximum absolute atomic E-state index is 5.73. The minimum absolute atomic E-state index is 0.0461. The zero-order valence-electron chi connectivity index (χ0n) is 6.94. The molecule has 2 heterocycles. The number of furan rings is 1. The van der Waals surface area contributed by atoms with Gasteiger partial charge in [0.15, 0.2) is 5.82 Å². The molecule has 0 saturated heterocycles. The summed E-state index contributed by atoms with van der Waals surface area (Å²) in [6.07, 6.45) is 1.42. The molecule has 0 aliphatic carbocycles. The third-order valence-corrected chi connectivity index (χ3v) is 1.82. The Hall–Kier alpha value is -1.82. The van der Waals surface area contributed by atoms with Crippen molar-refractivity contribution in [3.8, 4) is 11.4 Å². The van der Waals surface area contributed by atoms with Gasteiger partial charge < -0.3 is 15.9 Å². The Morgan fingerprint density at radius 1 is 1.14 bits per heavy atom. The quantitative estimate of drug-likeness (QED) is 0.728. The van der Waals surface area contributed by atoms with Crippen LogP contribution in [-0.4, -0.2) is 15.0 Å². The van der Waals surface area contributed by atoms with Crippen LogP contribution in [0, 0.1) is 0 Å². The van der Waals surface area contributed by atoms with E-state index in [-0.39, 0.29) is 17.1 Å². The van der Waals surface area contributed by atoms with Gasteiger partial charge in [0, 0.05) is 0 Å². The Bertz CT molecular complexity index is 449. The monoisotopic (exact) mass is 211 g/mol. The van der Waals surface area contributed by atoms with Crippen LogP contribution in [0.3, 0.4) is 0 Å². The summed E-state index contributed by atoms with van der Waals surface area (Å²) in [5.41, 5.74) is 11.3. The number of anilines is 2. The maximum Gasteiger partial charge on any atom is 0.225 e. The van der Waals surface area contributed by atoms with Gasteiger partial charge in [-0.25, -0.2) is 0 Å². The van der Waals surface area contributed by atoms with E-state index >= 15 is 0 Å². The molecule has 6 nitrogen and oxygen atoms in total. The van der Waals surface area contributed by atoms with Crippen molar-refractivity contribution in [1.82, 2.24) is 15.0 Å². The summed E-state index contributed by atoms with van der Waals surface area (Å²) in [7, 11) is 0. The lowest BCUT2D eigenvalue weighted by molar-refractivity contribution is 0.570. The summed E-state index contributed by atoms with van der Waals surface area (Å²) >= 11 is 5.73. The van der Waals surface area contributed by atoms with Gasteiger partial charge in [0.1, 0.15) is 0 Å². The van der Waals surface area contributed by atoms with Crippen molar-refractivity contribution in [2.45, 2.75) is 0 Å². The van der Waals surface area contributed by atoms with Crippen molar-refractivity contribution < 1.29 is 4.42 Å². The number of halogens is 1. The SMILES string of the molecule is Nc1nc(N)nc(-c2ccoc2Cl)n1. The normalized spacial score (nSPS) is 10.4. The second-order valence-electron chi connectivity index (χ2n) is 2.48. The third-order valence-electron chi connectivity index (χ3n) is 1.53. The molecule has 0 aliphatic heterocycles. The molecule has 0 amide bonds. The summed E-state index contributed by atoms with van der Waals surface area (Å²) in [5, 5.41) is 0.190. The highest BCUT2D eigenvalue weighted by Crippen LogP contribution is 2.26. The summed E-state index contributed by atoms with van der Waals surface area (Å²) in [4.78, 5) is 11.4. The van der Waals surface area contributed by atoms with Crippen LogP contribution < -0.4 is 11.5 Å². The van der Waals surface area contributed by atoms with Crippen LogP contribution in [0.15, 0.2) is 16.7 Å². The van der Waals surface area contributed by atoms with E-state index in [1.54, 1.807) is 6.07 Å². The Kier molecular flexibility index (Phi) is 1.97. The van der Waals surface area contributed by atoms with Gasteiger partial charge in [0.2, 0.25) is 17.1 Å². The first kappa shape index (κ1) is 8.76. The highest BCUT2D eigenvalue weighted by molar-refractivity contribution is 6.31. The lowest BCUT2D eigenvalue weighted by Gasteiger charge is -1.98. The number of aromatic nitrogens is 3. The first-order chi connectivity index (χ1) is 6.66. The molecule has 2 rings (SSSR count). The molecule has 7 heteroatoms. The van der Waals surface area contributed by atoms with Crippen LogP contribution in [-0.2, 0) is 0 Å². The van der Waals surface area contributed by atoms with Crippen LogP contribution in [0.2, 0.25) is 5.22 Å². The molecule has 0 fully saturated rings. The fourth-order valence-electron chi connectivity index (χ4n) is 0.983. The smallest absolute Gasteiger partial charge is 0.225 e.